The molecule has 0 radical (unpaired) electrons. The molecule has 2 N–H and O–H groups in total. The molecular formula is C16H24N2O4S. The van der Waals surface area contributed by atoms with Gasteiger partial charge in [0, 0.05) is 19.8 Å². The van der Waals surface area contributed by atoms with Gasteiger partial charge in [-0.3, -0.25) is 9.52 Å². The van der Waals surface area contributed by atoms with E-state index in [1.54, 1.807) is 31.2 Å². The van der Waals surface area contributed by atoms with Crippen molar-refractivity contribution in [1.29, 1.82) is 0 Å². The van der Waals surface area contributed by atoms with E-state index in [0.717, 1.165) is 18.9 Å². The maximum Gasteiger partial charge on any atom is 0.253 e. The van der Waals surface area contributed by atoms with Crippen LogP contribution in [0, 0.1) is 5.92 Å². The maximum atomic E-state index is 12.2. The van der Waals surface area contributed by atoms with Crippen LogP contribution >= 0.6 is 0 Å². The molecule has 1 aliphatic carbocycles. The Morgan fingerprint density at radius 1 is 1.30 bits per heavy atom. The van der Waals surface area contributed by atoms with Crippen molar-refractivity contribution in [2.24, 2.45) is 5.92 Å². The van der Waals surface area contributed by atoms with Crippen LogP contribution in [0.1, 0.15) is 36.5 Å². The Balaban J connectivity index is 1.81. The topological polar surface area (TPSA) is 84.5 Å². The molecule has 1 aromatic rings. The van der Waals surface area contributed by atoms with Gasteiger partial charge < -0.3 is 10.1 Å². The van der Waals surface area contributed by atoms with Crippen molar-refractivity contribution in [2.75, 3.05) is 30.2 Å². The highest BCUT2D eigenvalue weighted by Gasteiger charge is 2.20. The molecule has 1 aromatic carbocycles. The fourth-order valence-electron chi connectivity index (χ4n) is 2.02. The molecule has 0 aromatic heterocycles. The van der Waals surface area contributed by atoms with Gasteiger partial charge >= 0.3 is 0 Å². The molecule has 1 saturated carbocycles. The van der Waals surface area contributed by atoms with E-state index in [1.807, 2.05) is 0 Å². The number of amides is 1. The SMILES string of the molecule is CCS(=O)(=O)Nc1ccccc1C(=O)NCCCOCC1CC1. The van der Waals surface area contributed by atoms with Gasteiger partial charge in [-0.15, -0.1) is 0 Å². The van der Waals surface area contributed by atoms with Gasteiger partial charge in [0.1, 0.15) is 0 Å². The average molecular weight is 340 g/mol. The molecule has 1 amide bonds. The largest absolute Gasteiger partial charge is 0.381 e. The van der Waals surface area contributed by atoms with E-state index >= 15 is 0 Å². The second-order valence-electron chi connectivity index (χ2n) is 5.68. The van der Waals surface area contributed by atoms with E-state index in [1.165, 1.54) is 12.8 Å². The zero-order valence-electron chi connectivity index (χ0n) is 13.4. The molecule has 1 aliphatic rings. The number of ether oxygens (including phenoxy) is 1. The van der Waals surface area contributed by atoms with Gasteiger partial charge in [0.15, 0.2) is 0 Å². The first-order valence-corrected chi connectivity index (χ1v) is 9.62. The molecule has 0 unspecified atom stereocenters. The van der Waals surface area contributed by atoms with E-state index in [9.17, 15) is 13.2 Å². The lowest BCUT2D eigenvalue weighted by Crippen LogP contribution is -2.27. The molecule has 0 spiro atoms. The molecule has 7 heteroatoms. The third-order valence-electron chi connectivity index (χ3n) is 3.62. The summed E-state index contributed by atoms with van der Waals surface area (Å²) in [5.74, 6) is 0.408. The quantitative estimate of drug-likeness (QED) is 0.638. The summed E-state index contributed by atoms with van der Waals surface area (Å²) >= 11 is 0. The summed E-state index contributed by atoms with van der Waals surface area (Å²) in [5, 5.41) is 2.79. The van der Waals surface area contributed by atoms with E-state index < -0.39 is 10.0 Å². The van der Waals surface area contributed by atoms with Crippen LogP contribution in [0.4, 0.5) is 5.69 Å². The molecule has 2 rings (SSSR count). The number of benzene rings is 1. The summed E-state index contributed by atoms with van der Waals surface area (Å²) < 4.78 is 31.3. The lowest BCUT2D eigenvalue weighted by Gasteiger charge is -2.12. The van der Waals surface area contributed by atoms with Gasteiger partial charge in [0.25, 0.3) is 5.91 Å². The highest BCUT2D eigenvalue weighted by molar-refractivity contribution is 7.92. The number of carbonyl (C=O) groups is 1. The zero-order valence-corrected chi connectivity index (χ0v) is 14.2. The van der Waals surface area contributed by atoms with Crippen molar-refractivity contribution in [1.82, 2.24) is 5.32 Å². The van der Waals surface area contributed by atoms with Crippen LogP contribution in [-0.4, -0.2) is 39.8 Å². The van der Waals surface area contributed by atoms with Crippen LogP contribution in [0.15, 0.2) is 24.3 Å². The molecule has 128 valence electrons. The van der Waals surface area contributed by atoms with Gasteiger partial charge in [-0.25, -0.2) is 8.42 Å². The molecule has 0 bridgehead atoms. The Bertz CT molecular complexity index is 627. The van der Waals surface area contributed by atoms with Gasteiger partial charge in [-0.1, -0.05) is 12.1 Å². The Labute approximate surface area is 137 Å². The molecule has 6 nitrogen and oxygen atoms in total. The molecule has 0 aliphatic heterocycles. The summed E-state index contributed by atoms with van der Waals surface area (Å²) in [7, 11) is -3.41. The maximum absolute atomic E-state index is 12.2. The number of para-hydroxylation sites is 1. The molecule has 1 fully saturated rings. The standard InChI is InChI=1S/C16H24N2O4S/c1-2-23(20,21)18-15-7-4-3-6-14(15)16(19)17-10-5-11-22-12-13-8-9-13/h3-4,6-7,13,18H,2,5,8-12H2,1H3,(H,17,19). The number of sulfonamides is 1. The number of rotatable bonds is 10. The average Bonchev–Trinajstić information content (AvgIpc) is 3.35. The van der Waals surface area contributed by atoms with Crippen LogP contribution in [0.2, 0.25) is 0 Å². The van der Waals surface area contributed by atoms with Crippen molar-refractivity contribution in [3.05, 3.63) is 29.8 Å². The van der Waals surface area contributed by atoms with Crippen LogP contribution < -0.4 is 10.0 Å². The molecular weight excluding hydrogens is 316 g/mol. The first-order chi connectivity index (χ1) is 11.0. The Kier molecular flexibility index (Phi) is 6.41. The van der Waals surface area contributed by atoms with Crippen molar-refractivity contribution >= 4 is 21.6 Å². The molecule has 0 saturated heterocycles. The zero-order chi connectivity index (χ0) is 16.7. The van der Waals surface area contributed by atoms with Crippen LogP contribution in [0.25, 0.3) is 0 Å². The van der Waals surface area contributed by atoms with Crippen molar-refractivity contribution in [3.8, 4) is 0 Å². The monoisotopic (exact) mass is 340 g/mol. The normalized spacial score (nSPS) is 14.5. The van der Waals surface area contributed by atoms with E-state index in [2.05, 4.69) is 10.0 Å². The summed E-state index contributed by atoms with van der Waals surface area (Å²) in [5.41, 5.74) is 0.625. The van der Waals surface area contributed by atoms with E-state index in [-0.39, 0.29) is 11.7 Å². The van der Waals surface area contributed by atoms with Crippen LogP contribution in [-0.2, 0) is 14.8 Å². The van der Waals surface area contributed by atoms with Crippen molar-refractivity contribution in [3.63, 3.8) is 0 Å². The second-order valence-corrected chi connectivity index (χ2v) is 7.69. The third-order valence-corrected chi connectivity index (χ3v) is 4.91. The summed E-state index contributed by atoms with van der Waals surface area (Å²) in [4.78, 5) is 12.2. The number of anilines is 1. The first-order valence-electron chi connectivity index (χ1n) is 7.97. The Hall–Kier alpha value is -1.60. The highest BCUT2D eigenvalue weighted by Crippen LogP contribution is 2.28. The van der Waals surface area contributed by atoms with E-state index in [4.69, 9.17) is 4.74 Å². The fraction of sp³-hybridized carbons (Fsp3) is 0.562. The van der Waals surface area contributed by atoms with Gasteiger partial charge in [-0.05, 0) is 44.2 Å². The predicted molar refractivity (Wildman–Crippen MR) is 90.0 cm³/mol. The third kappa shape index (κ3) is 6.19. The highest BCUT2D eigenvalue weighted by atomic mass is 32.2. The van der Waals surface area contributed by atoms with Crippen LogP contribution in [0.5, 0.6) is 0 Å². The predicted octanol–water partition coefficient (Wildman–Crippen LogP) is 1.99. The summed E-state index contributed by atoms with van der Waals surface area (Å²) in [6.07, 6.45) is 3.27. The number of nitrogens with one attached hydrogen (secondary N) is 2. The number of hydrogen-bond acceptors (Lipinski definition) is 4. The number of hydrogen-bond donors (Lipinski definition) is 2. The molecule has 0 atom stereocenters. The Morgan fingerprint density at radius 2 is 2.04 bits per heavy atom. The molecule has 23 heavy (non-hydrogen) atoms. The van der Waals surface area contributed by atoms with Gasteiger partial charge in [0.2, 0.25) is 10.0 Å². The second kappa shape index (κ2) is 8.31. The first kappa shape index (κ1) is 17.7. The minimum absolute atomic E-state index is 0.0404. The smallest absolute Gasteiger partial charge is 0.253 e. The van der Waals surface area contributed by atoms with E-state index in [0.29, 0.717) is 24.4 Å². The van der Waals surface area contributed by atoms with Crippen LogP contribution in [0.3, 0.4) is 0 Å². The lowest BCUT2D eigenvalue weighted by molar-refractivity contribution is 0.0938. The van der Waals surface area contributed by atoms with Crippen molar-refractivity contribution in [2.45, 2.75) is 26.2 Å². The minimum atomic E-state index is -3.41. The minimum Gasteiger partial charge on any atom is -0.381 e. The molecule has 0 heterocycles. The van der Waals surface area contributed by atoms with Gasteiger partial charge in [-0.2, -0.15) is 0 Å². The fourth-order valence-corrected chi connectivity index (χ4v) is 2.67. The lowest BCUT2D eigenvalue weighted by atomic mass is 10.1. The summed E-state index contributed by atoms with van der Waals surface area (Å²) in [6.45, 7) is 3.49. The number of carbonyl (C=O) groups excluding carboxylic acids is 1. The van der Waals surface area contributed by atoms with Crippen molar-refractivity contribution < 1.29 is 17.9 Å². The van der Waals surface area contributed by atoms with Gasteiger partial charge in [0.05, 0.1) is 17.0 Å². The summed E-state index contributed by atoms with van der Waals surface area (Å²) in [6, 6.07) is 6.58. The Morgan fingerprint density at radius 3 is 2.74 bits per heavy atom.